The fourth-order valence-electron chi connectivity index (χ4n) is 3.82. The molecule has 2 aliphatic heterocycles. The molecular formula is C19H22ClF2N3O2S. The molecule has 0 aromatic heterocycles. The number of halogens is 3. The molecule has 0 saturated carbocycles. The Morgan fingerprint density at radius 3 is 2.21 bits per heavy atom. The van der Waals surface area contributed by atoms with Crippen molar-refractivity contribution in [3.8, 4) is 0 Å². The van der Waals surface area contributed by atoms with Gasteiger partial charge >= 0.3 is 10.2 Å². The van der Waals surface area contributed by atoms with Crippen molar-refractivity contribution in [3.05, 3.63) is 54.1 Å². The lowest BCUT2D eigenvalue weighted by Crippen LogP contribution is -2.38. The first-order valence-electron chi connectivity index (χ1n) is 9.07. The van der Waals surface area contributed by atoms with Crippen LogP contribution in [0.1, 0.15) is 19.3 Å². The van der Waals surface area contributed by atoms with Crippen LogP contribution in [0.2, 0.25) is 0 Å². The molecule has 2 aromatic carbocycles. The van der Waals surface area contributed by atoms with E-state index in [0.717, 1.165) is 42.4 Å². The van der Waals surface area contributed by atoms with Gasteiger partial charge in [0.25, 0.3) is 0 Å². The van der Waals surface area contributed by atoms with E-state index in [1.165, 1.54) is 10.4 Å². The smallest absolute Gasteiger partial charge is 0.317 e. The van der Waals surface area contributed by atoms with Crippen LogP contribution in [-0.2, 0) is 10.2 Å². The Morgan fingerprint density at radius 2 is 1.57 bits per heavy atom. The SMILES string of the molecule is Cl.O=S1(=O)N(CCC2CCNCC2)c2ccccc2N1c1c(F)cccc1F. The minimum atomic E-state index is -4.11. The summed E-state index contributed by atoms with van der Waals surface area (Å²) >= 11 is 0. The Morgan fingerprint density at radius 1 is 0.964 bits per heavy atom. The monoisotopic (exact) mass is 429 g/mol. The van der Waals surface area contributed by atoms with Crippen LogP contribution in [0.15, 0.2) is 42.5 Å². The second-order valence-corrected chi connectivity index (χ2v) is 8.59. The van der Waals surface area contributed by atoms with Crippen molar-refractivity contribution in [2.75, 3.05) is 28.2 Å². The Balaban J connectivity index is 0.00000225. The third-order valence-corrected chi connectivity index (χ3v) is 7.00. The lowest BCUT2D eigenvalue weighted by Gasteiger charge is -2.26. The molecule has 0 amide bonds. The van der Waals surface area contributed by atoms with Crippen LogP contribution < -0.4 is 13.9 Å². The van der Waals surface area contributed by atoms with E-state index in [1.54, 1.807) is 24.3 Å². The van der Waals surface area contributed by atoms with Crippen LogP contribution in [0.4, 0.5) is 25.8 Å². The number of nitrogens with zero attached hydrogens (tertiary/aromatic N) is 2. The van der Waals surface area contributed by atoms with Crippen LogP contribution in [-0.4, -0.2) is 28.1 Å². The number of hydrogen-bond acceptors (Lipinski definition) is 3. The third-order valence-electron chi connectivity index (χ3n) is 5.22. The van der Waals surface area contributed by atoms with Crippen molar-refractivity contribution in [3.63, 3.8) is 0 Å². The maximum Gasteiger partial charge on any atom is 0.331 e. The molecule has 5 nitrogen and oxygen atoms in total. The topological polar surface area (TPSA) is 52.7 Å². The largest absolute Gasteiger partial charge is 0.331 e. The number of piperidine rings is 1. The van der Waals surface area contributed by atoms with E-state index in [9.17, 15) is 17.2 Å². The summed E-state index contributed by atoms with van der Waals surface area (Å²) < 4.78 is 57.3. The molecule has 0 atom stereocenters. The molecule has 0 aliphatic carbocycles. The average Bonchev–Trinajstić information content (AvgIpc) is 2.88. The molecule has 1 fully saturated rings. The zero-order valence-electron chi connectivity index (χ0n) is 15.1. The lowest BCUT2D eigenvalue weighted by atomic mass is 9.95. The number of hydrogen-bond donors (Lipinski definition) is 1. The van der Waals surface area contributed by atoms with E-state index in [-0.39, 0.29) is 24.6 Å². The number of para-hydroxylation sites is 3. The Labute approximate surface area is 169 Å². The maximum absolute atomic E-state index is 14.4. The maximum atomic E-state index is 14.4. The predicted molar refractivity (Wildman–Crippen MR) is 109 cm³/mol. The highest BCUT2D eigenvalue weighted by Crippen LogP contribution is 2.46. The normalized spacial score (nSPS) is 18.6. The standard InChI is InChI=1S/C19H21F2N3O2S.ClH/c20-15-4-3-5-16(21)19(15)24-18-7-2-1-6-17(18)23(27(24,25)26)13-10-14-8-11-22-12-9-14;/h1-7,14,22H,8-13H2;1H. The zero-order chi connectivity index (χ0) is 19.0. The highest BCUT2D eigenvalue weighted by Gasteiger charge is 2.43. The predicted octanol–water partition coefficient (Wildman–Crippen LogP) is 3.98. The van der Waals surface area contributed by atoms with Crippen molar-refractivity contribution in [1.82, 2.24) is 5.32 Å². The van der Waals surface area contributed by atoms with Crippen molar-refractivity contribution in [2.45, 2.75) is 19.3 Å². The van der Waals surface area contributed by atoms with E-state index >= 15 is 0 Å². The summed E-state index contributed by atoms with van der Waals surface area (Å²) in [7, 11) is -4.11. The molecule has 0 spiro atoms. The van der Waals surface area contributed by atoms with Crippen molar-refractivity contribution >= 4 is 39.7 Å². The highest BCUT2D eigenvalue weighted by molar-refractivity contribution is 7.95. The minimum Gasteiger partial charge on any atom is -0.317 e. The van der Waals surface area contributed by atoms with E-state index in [0.29, 0.717) is 18.0 Å². The highest BCUT2D eigenvalue weighted by atomic mass is 35.5. The quantitative estimate of drug-likeness (QED) is 0.799. The number of fused-ring (bicyclic) bond motifs is 1. The van der Waals surface area contributed by atoms with Gasteiger partial charge in [-0.15, -0.1) is 12.4 Å². The van der Waals surface area contributed by atoms with Crippen LogP contribution in [0.25, 0.3) is 0 Å². The Hall–Kier alpha value is -1.90. The lowest BCUT2D eigenvalue weighted by molar-refractivity contribution is 0.358. The fraction of sp³-hybridized carbons (Fsp3) is 0.368. The van der Waals surface area contributed by atoms with Gasteiger partial charge in [-0.05, 0) is 62.5 Å². The number of rotatable bonds is 4. The van der Waals surface area contributed by atoms with E-state index in [4.69, 9.17) is 0 Å². The summed E-state index contributed by atoms with van der Waals surface area (Å²) in [4.78, 5) is 0. The van der Waals surface area contributed by atoms with Crippen LogP contribution in [0, 0.1) is 17.6 Å². The van der Waals surface area contributed by atoms with Crippen LogP contribution in [0.5, 0.6) is 0 Å². The molecule has 9 heteroatoms. The van der Waals surface area contributed by atoms with Crippen molar-refractivity contribution < 1.29 is 17.2 Å². The van der Waals surface area contributed by atoms with Crippen molar-refractivity contribution in [1.29, 1.82) is 0 Å². The molecule has 1 N–H and O–H groups in total. The van der Waals surface area contributed by atoms with Gasteiger partial charge in [0.1, 0.15) is 5.69 Å². The summed E-state index contributed by atoms with van der Waals surface area (Å²) in [6, 6.07) is 9.99. The van der Waals surface area contributed by atoms with Gasteiger partial charge in [-0.25, -0.2) is 13.1 Å². The third kappa shape index (κ3) is 3.56. The number of nitrogens with one attached hydrogen (secondary N) is 1. The van der Waals surface area contributed by atoms with E-state index < -0.39 is 27.5 Å². The molecule has 0 unspecified atom stereocenters. The molecule has 0 radical (unpaired) electrons. The average molecular weight is 430 g/mol. The van der Waals surface area contributed by atoms with Gasteiger partial charge in [0, 0.05) is 6.54 Å². The van der Waals surface area contributed by atoms with Crippen molar-refractivity contribution in [2.24, 2.45) is 5.92 Å². The first-order valence-corrected chi connectivity index (χ1v) is 10.5. The van der Waals surface area contributed by atoms with Crippen LogP contribution in [0.3, 0.4) is 0 Å². The summed E-state index contributed by atoms with van der Waals surface area (Å²) in [5.41, 5.74) is 0.162. The molecule has 1 saturated heterocycles. The number of anilines is 3. The molecule has 152 valence electrons. The fourth-order valence-corrected chi connectivity index (χ4v) is 5.56. The Bertz CT molecular complexity index is 932. The van der Waals surface area contributed by atoms with Crippen LogP contribution >= 0.6 is 12.4 Å². The van der Waals surface area contributed by atoms with E-state index in [2.05, 4.69) is 5.32 Å². The molecule has 28 heavy (non-hydrogen) atoms. The second kappa shape index (κ2) is 8.23. The molecule has 4 rings (SSSR count). The van der Waals surface area contributed by atoms with E-state index in [1.807, 2.05) is 0 Å². The number of benzene rings is 2. The summed E-state index contributed by atoms with van der Waals surface area (Å²) in [5.74, 6) is -1.38. The van der Waals surface area contributed by atoms with Gasteiger partial charge in [0.05, 0.1) is 11.4 Å². The first kappa shape index (κ1) is 20.8. The molecule has 2 heterocycles. The molecule has 2 aromatic rings. The molecule has 0 bridgehead atoms. The summed E-state index contributed by atoms with van der Waals surface area (Å²) in [5, 5.41) is 3.29. The minimum absolute atomic E-state index is 0. The van der Waals surface area contributed by atoms with Gasteiger partial charge in [-0.2, -0.15) is 8.42 Å². The van der Waals surface area contributed by atoms with Gasteiger partial charge in [0.15, 0.2) is 11.6 Å². The van der Waals surface area contributed by atoms with Gasteiger partial charge in [0.2, 0.25) is 0 Å². The van der Waals surface area contributed by atoms with Gasteiger partial charge < -0.3 is 5.32 Å². The Kier molecular flexibility index (Phi) is 6.12. The molecule has 2 aliphatic rings. The van der Waals surface area contributed by atoms with Gasteiger partial charge in [-0.1, -0.05) is 18.2 Å². The zero-order valence-corrected chi connectivity index (χ0v) is 16.8. The summed E-state index contributed by atoms with van der Waals surface area (Å²) in [6.07, 6.45) is 2.71. The second-order valence-electron chi connectivity index (χ2n) is 6.89. The summed E-state index contributed by atoms with van der Waals surface area (Å²) in [6.45, 7) is 2.15. The van der Waals surface area contributed by atoms with Gasteiger partial charge in [-0.3, -0.25) is 4.31 Å². The first-order chi connectivity index (χ1) is 13.0. The molecular weight excluding hydrogens is 408 g/mol.